The number of carbonyl (C=O) groups is 1. The molecule has 2 aromatic rings. The Morgan fingerprint density at radius 2 is 1.81 bits per heavy atom. The van der Waals surface area contributed by atoms with E-state index < -0.39 is 10.8 Å². The molecule has 138 valence electrons. The zero-order valence-electron chi connectivity index (χ0n) is 14.9. The summed E-state index contributed by atoms with van der Waals surface area (Å²) in [6.45, 7) is 7.58. The summed E-state index contributed by atoms with van der Waals surface area (Å²) in [6.07, 6.45) is 0. The summed E-state index contributed by atoms with van der Waals surface area (Å²) in [7, 11) is 0. The van der Waals surface area contributed by atoms with Crippen LogP contribution in [0.3, 0.4) is 0 Å². The van der Waals surface area contributed by atoms with E-state index >= 15 is 0 Å². The van der Waals surface area contributed by atoms with Gasteiger partial charge in [-0.3, -0.25) is 14.9 Å². The number of quaternary nitrogens is 1. The Morgan fingerprint density at radius 1 is 1.15 bits per heavy atom. The van der Waals surface area contributed by atoms with Crippen LogP contribution < -0.4 is 10.2 Å². The maximum absolute atomic E-state index is 12.4. The van der Waals surface area contributed by atoms with Gasteiger partial charge in [0.05, 0.1) is 28.6 Å². The Morgan fingerprint density at radius 3 is 2.42 bits per heavy atom. The van der Waals surface area contributed by atoms with Crippen molar-refractivity contribution in [1.29, 1.82) is 0 Å². The first kappa shape index (κ1) is 19.9. The van der Waals surface area contributed by atoms with Crippen LogP contribution in [0.25, 0.3) is 0 Å². The molecule has 0 aromatic heterocycles. The number of rotatable bonds is 8. The molecule has 7 heteroatoms. The first-order chi connectivity index (χ1) is 12.5. The highest BCUT2D eigenvalue weighted by Gasteiger charge is 2.16. The molecule has 0 fully saturated rings. The lowest BCUT2D eigenvalue weighted by molar-refractivity contribution is -0.910. The monoisotopic (exact) mass is 376 g/mol. The minimum atomic E-state index is -0.546. The molecule has 0 spiro atoms. The van der Waals surface area contributed by atoms with Gasteiger partial charge in [-0.1, -0.05) is 35.9 Å². The van der Waals surface area contributed by atoms with E-state index in [4.69, 9.17) is 11.6 Å². The van der Waals surface area contributed by atoms with Crippen molar-refractivity contribution in [3.05, 3.63) is 74.3 Å². The topological polar surface area (TPSA) is 76.7 Å². The molecule has 2 rings (SSSR count). The molecule has 0 aliphatic rings. The van der Waals surface area contributed by atoms with E-state index in [-0.39, 0.29) is 16.3 Å². The fourth-order valence-electron chi connectivity index (χ4n) is 2.74. The van der Waals surface area contributed by atoms with Crippen LogP contribution in [0.15, 0.2) is 42.5 Å². The summed E-state index contributed by atoms with van der Waals surface area (Å²) in [5, 5.41) is 13.9. The summed E-state index contributed by atoms with van der Waals surface area (Å²) in [6, 6.07) is 11.8. The number of nitrogens with one attached hydrogen (secondary N) is 2. The van der Waals surface area contributed by atoms with Gasteiger partial charge in [-0.15, -0.1) is 0 Å². The summed E-state index contributed by atoms with van der Waals surface area (Å²) in [5.41, 5.74) is 2.15. The van der Waals surface area contributed by atoms with Gasteiger partial charge in [0.2, 0.25) is 0 Å². The minimum absolute atomic E-state index is 0.104. The van der Waals surface area contributed by atoms with Crippen molar-refractivity contribution in [2.24, 2.45) is 0 Å². The molecule has 0 atom stereocenters. The normalized spacial score (nSPS) is 10.8. The van der Waals surface area contributed by atoms with Crippen LogP contribution in [0.1, 0.15) is 35.3 Å². The maximum atomic E-state index is 12.4. The molecule has 0 unspecified atom stereocenters. The zero-order valence-corrected chi connectivity index (χ0v) is 15.7. The summed E-state index contributed by atoms with van der Waals surface area (Å²) in [5.74, 6) is -0.427. The third-order valence-corrected chi connectivity index (χ3v) is 4.73. The Balaban J connectivity index is 2.13. The molecule has 1 amide bonds. The van der Waals surface area contributed by atoms with Gasteiger partial charge < -0.3 is 10.2 Å². The maximum Gasteiger partial charge on any atom is 0.270 e. The molecule has 26 heavy (non-hydrogen) atoms. The van der Waals surface area contributed by atoms with Gasteiger partial charge in [0, 0.05) is 24.2 Å². The summed E-state index contributed by atoms with van der Waals surface area (Å²) < 4.78 is 0. The van der Waals surface area contributed by atoms with Crippen LogP contribution in [0.5, 0.6) is 0 Å². The highest BCUT2D eigenvalue weighted by Crippen LogP contribution is 2.22. The third kappa shape index (κ3) is 5.03. The predicted octanol–water partition coefficient (Wildman–Crippen LogP) is 2.60. The highest BCUT2D eigenvalue weighted by molar-refractivity contribution is 6.33. The number of carbonyl (C=O) groups excluding carboxylic acids is 1. The molecule has 0 aliphatic heterocycles. The van der Waals surface area contributed by atoms with Crippen molar-refractivity contribution in [3.63, 3.8) is 0 Å². The van der Waals surface area contributed by atoms with E-state index in [0.29, 0.717) is 6.54 Å². The van der Waals surface area contributed by atoms with E-state index in [2.05, 4.69) is 25.2 Å². The van der Waals surface area contributed by atoms with Crippen molar-refractivity contribution < 1.29 is 14.6 Å². The summed E-state index contributed by atoms with van der Waals surface area (Å²) in [4.78, 5) is 24.2. The first-order valence-corrected chi connectivity index (χ1v) is 8.96. The van der Waals surface area contributed by atoms with Crippen LogP contribution in [-0.4, -0.2) is 23.9 Å². The standard InChI is InChI=1S/C19H22ClN3O3/c1-3-22(4-2)13-15-8-6-5-7-14(15)12-21-19(24)17-11-16(23(25)26)9-10-18(17)20/h5-11H,3-4,12-13H2,1-2H3,(H,21,24)/p+1. The SMILES string of the molecule is CC[NH+](CC)Cc1ccccc1CNC(=O)c1cc([N+](=O)[O-])ccc1Cl. The van der Waals surface area contributed by atoms with E-state index in [1.54, 1.807) is 0 Å². The molecule has 0 heterocycles. The van der Waals surface area contributed by atoms with Crippen LogP contribution in [0.2, 0.25) is 5.02 Å². The zero-order chi connectivity index (χ0) is 19.1. The van der Waals surface area contributed by atoms with Gasteiger partial charge in [-0.2, -0.15) is 0 Å². The van der Waals surface area contributed by atoms with Crippen molar-refractivity contribution in [3.8, 4) is 0 Å². The number of hydrogen-bond donors (Lipinski definition) is 2. The molecular formula is C19H23ClN3O3+. The van der Waals surface area contributed by atoms with Crippen LogP contribution >= 0.6 is 11.6 Å². The second-order valence-electron chi connectivity index (χ2n) is 6.01. The van der Waals surface area contributed by atoms with E-state index in [1.165, 1.54) is 28.7 Å². The fraction of sp³-hybridized carbons (Fsp3) is 0.316. The molecule has 0 radical (unpaired) electrons. The van der Waals surface area contributed by atoms with Gasteiger partial charge in [0.15, 0.2) is 0 Å². The van der Waals surface area contributed by atoms with E-state index in [1.807, 2.05) is 18.2 Å². The van der Waals surface area contributed by atoms with Crippen LogP contribution in [-0.2, 0) is 13.1 Å². The van der Waals surface area contributed by atoms with Gasteiger partial charge in [-0.05, 0) is 25.5 Å². The van der Waals surface area contributed by atoms with Crippen molar-refractivity contribution in [1.82, 2.24) is 5.32 Å². The Kier molecular flexibility index (Phi) is 7.12. The molecule has 0 aliphatic carbocycles. The lowest BCUT2D eigenvalue weighted by Gasteiger charge is -2.18. The number of non-ortho nitro benzene ring substituents is 1. The van der Waals surface area contributed by atoms with Gasteiger partial charge >= 0.3 is 0 Å². The Labute approximate surface area is 157 Å². The fourth-order valence-corrected chi connectivity index (χ4v) is 2.95. The first-order valence-electron chi connectivity index (χ1n) is 8.58. The molecule has 0 saturated heterocycles. The number of hydrogen-bond acceptors (Lipinski definition) is 3. The third-order valence-electron chi connectivity index (χ3n) is 4.40. The molecule has 0 saturated carbocycles. The number of amides is 1. The number of benzene rings is 2. The highest BCUT2D eigenvalue weighted by atomic mass is 35.5. The van der Waals surface area contributed by atoms with Crippen LogP contribution in [0.4, 0.5) is 5.69 Å². The number of nitro groups is 1. The van der Waals surface area contributed by atoms with Crippen LogP contribution in [0, 0.1) is 10.1 Å². The van der Waals surface area contributed by atoms with E-state index in [9.17, 15) is 14.9 Å². The second kappa shape index (κ2) is 9.31. The van der Waals surface area contributed by atoms with Gasteiger partial charge in [0.25, 0.3) is 11.6 Å². The van der Waals surface area contributed by atoms with Crippen molar-refractivity contribution >= 4 is 23.2 Å². The average Bonchev–Trinajstić information content (AvgIpc) is 2.65. The smallest absolute Gasteiger partial charge is 0.270 e. The summed E-state index contributed by atoms with van der Waals surface area (Å²) >= 11 is 6.03. The van der Waals surface area contributed by atoms with Gasteiger partial charge in [0.1, 0.15) is 6.54 Å². The average molecular weight is 377 g/mol. The lowest BCUT2D eigenvalue weighted by Crippen LogP contribution is -3.10. The number of nitro benzene ring substituents is 1. The largest absolute Gasteiger partial charge is 0.348 e. The molecular weight excluding hydrogens is 354 g/mol. The number of nitrogens with zero attached hydrogens (tertiary/aromatic N) is 1. The molecule has 2 aromatic carbocycles. The Hall–Kier alpha value is -2.44. The van der Waals surface area contributed by atoms with E-state index in [0.717, 1.165) is 25.2 Å². The molecule has 6 nitrogen and oxygen atoms in total. The second-order valence-corrected chi connectivity index (χ2v) is 6.41. The predicted molar refractivity (Wildman–Crippen MR) is 101 cm³/mol. The number of halogens is 1. The van der Waals surface area contributed by atoms with Crippen molar-refractivity contribution in [2.45, 2.75) is 26.9 Å². The Bertz CT molecular complexity index is 791. The molecule has 2 N–H and O–H groups in total. The lowest BCUT2D eigenvalue weighted by atomic mass is 10.1. The van der Waals surface area contributed by atoms with Gasteiger partial charge in [-0.25, -0.2) is 0 Å². The van der Waals surface area contributed by atoms with Crippen molar-refractivity contribution in [2.75, 3.05) is 13.1 Å². The minimum Gasteiger partial charge on any atom is -0.348 e. The molecule has 0 bridgehead atoms. The quantitative estimate of drug-likeness (QED) is 0.549.